The lowest BCUT2D eigenvalue weighted by atomic mass is 9.83. The highest BCUT2D eigenvalue weighted by atomic mass is 35.5. The van der Waals surface area contributed by atoms with Crippen LogP contribution in [0.3, 0.4) is 0 Å². The average molecular weight is 419 g/mol. The van der Waals surface area contributed by atoms with Gasteiger partial charge in [-0.25, -0.2) is 4.98 Å². The summed E-state index contributed by atoms with van der Waals surface area (Å²) in [7, 11) is 1.67. The molecule has 5 heteroatoms. The van der Waals surface area contributed by atoms with E-state index in [9.17, 15) is 5.26 Å². The van der Waals surface area contributed by atoms with E-state index in [2.05, 4.69) is 19.1 Å². The first-order valence-corrected chi connectivity index (χ1v) is 10.6. The molecule has 0 aliphatic heterocycles. The highest BCUT2D eigenvalue weighted by Gasteiger charge is 2.27. The number of unbranched alkanes of at least 4 members (excludes halogenated alkanes) is 1. The van der Waals surface area contributed by atoms with Crippen LogP contribution in [0.1, 0.15) is 36.5 Å². The minimum absolute atomic E-state index is 0.392. The molecule has 0 fully saturated rings. The van der Waals surface area contributed by atoms with Crippen LogP contribution in [-0.2, 0) is 12.8 Å². The van der Waals surface area contributed by atoms with Crippen molar-refractivity contribution in [3.05, 3.63) is 64.2 Å². The molecule has 0 spiro atoms. The zero-order chi connectivity index (χ0) is 21.1. The molecule has 4 rings (SSSR count). The molecule has 0 saturated heterocycles. The van der Waals surface area contributed by atoms with Gasteiger partial charge in [-0.1, -0.05) is 37.1 Å². The van der Waals surface area contributed by atoms with Crippen molar-refractivity contribution in [3.8, 4) is 40.1 Å². The Bertz CT molecular complexity index is 1130. The molecule has 0 unspecified atom stereocenters. The Morgan fingerprint density at radius 1 is 1.17 bits per heavy atom. The Morgan fingerprint density at radius 3 is 2.77 bits per heavy atom. The first-order chi connectivity index (χ1) is 14.7. The number of benzene rings is 2. The summed E-state index contributed by atoms with van der Waals surface area (Å²) in [6, 6.07) is 16.0. The van der Waals surface area contributed by atoms with Crippen molar-refractivity contribution < 1.29 is 9.47 Å². The molecule has 1 aromatic heterocycles. The third-order valence-corrected chi connectivity index (χ3v) is 5.67. The average Bonchev–Trinajstić information content (AvgIpc) is 2.77. The number of hydrogen-bond acceptors (Lipinski definition) is 4. The van der Waals surface area contributed by atoms with Crippen molar-refractivity contribution in [2.75, 3.05) is 13.7 Å². The number of rotatable bonds is 6. The van der Waals surface area contributed by atoms with Crippen LogP contribution in [0.4, 0.5) is 0 Å². The lowest BCUT2D eigenvalue weighted by Crippen LogP contribution is -2.12. The minimum Gasteiger partial charge on any atom is -0.497 e. The largest absolute Gasteiger partial charge is 0.497 e. The number of ether oxygens (including phenoxy) is 2. The molecule has 3 aromatic rings. The lowest BCUT2D eigenvalue weighted by molar-refractivity contribution is 0.297. The van der Waals surface area contributed by atoms with Gasteiger partial charge in [0, 0.05) is 16.1 Å². The van der Waals surface area contributed by atoms with Gasteiger partial charge in [0.05, 0.1) is 19.4 Å². The van der Waals surface area contributed by atoms with E-state index < -0.39 is 0 Å². The molecule has 0 bridgehead atoms. The van der Waals surface area contributed by atoms with Gasteiger partial charge in [0.1, 0.15) is 17.4 Å². The van der Waals surface area contributed by atoms with Crippen LogP contribution in [0.5, 0.6) is 11.6 Å². The Balaban J connectivity index is 1.97. The van der Waals surface area contributed by atoms with E-state index in [4.69, 9.17) is 26.1 Å². The molecule has 0 radical (unpaired) electrons. The summed E-state index contributed by atoms with van der Waals surface area (Å²) >= 11 is 6.29. The molecule has 0 saturated carbocycles. The summed E-state index contributed by atoms with van der Waals surface area (Å²) in [5, 5.41) is 10.7. The number of pyridine rings is 1. The number of nitriles is 1. The lowest BCUT2D eigenvalue weighted by Gasteiger charge is -2.24. The second-order valence-electron chi connectivity index (χ2n) is 7.34. The minimum atomic E-state index is 0.392. The van der Waals surface area contributed by atoms with Gasteiger partial charge in [-0.3, -0.25) is 0 Å². The molecule has 1 aliphatic carbocycles. The molecule has 30 heavy (non-hydrogen) atoms. The van der Waals surface area contributed by atoms with Gasteiger partial charge in [0.25, 0.3) is 0 Å². The van der Waals surface area contributed by atoms with Crippen molar-refractivity contribution in [2.24, 2.45) is 0 Å². The normalized spacial score (nSPS) is 11.9. The standard InChI is InChI=1S/C25H23ClN2O2/c1-3-4-12-30-25-22(15-27)23(17-6-5-7-18(26)13-17)21-10-8-16-14-19(29-2)9-11-20(16)24(21)28-25/h5-7,9,11,13-14H,3-4,8,10,12H2,1-2H3. The number of hydrogen-bond donors (Lipinski definition) is 0. The number of halogens is 1. The molecule has 1 heterocycles. The highest BCUT2D eigenvalue weighted by molar-refractivity contribution is 6.30. The molecule has 4 nitrogen and oxygen atoms in total. The molecule has 0 amide bonds. The van der Waals surface area contributed by atoms with Gasteiger partial charge < -0.3 is 9.47 Å². The zero-order valence-electron chi connectivity index (χ0n) is 17.2. The van der Waals surface area contributed by atoms with Crippen molar-refractivity contribution in [2.45, 2.75) is 32.6 Å². The Hall–Kier alpha value is -3.03. The second-order valence-corrected chi connectivity index (χ2v) is 7.78. The maximum Gasteiger partial charge on any atom is 0.232 e. The van der Waals surface area contributed by atoms with Gasteiger partial charge in [0.2, 0.25) is 5.88 Å². The predicted octanol–water partition coefficient (Wildman–Crippen LogP) is 6.23. The Labute approximate surface area is 182 Å². The molecule has 0 atom stereocenters. The van der Waals surface area contributed by atoms with E-state index in [0.717, 1.165) is 59.4 Å². The van der Waals surface area contributed by atoms with Gasteiger partial charge in [0.15, 0.2) is 0 Å². The Kier molecular flexibility index (Phi) is 5.92. The first kappa shape index (κ1) is 20.3. The van der Waals surface area contributed by atoms with Gasteiger partial charge in [-0.2, -0.15) is 5.26 Å². The highest BCUT2D eigenvalue weighted by Crippen LogP contribution is 2.43. The number of aryl methyl sites for hydroxylation is 1. The van der Waals surface area contributed by atoms with Crippen LogP contribution in [0, 0.1) is 11.3 Å². The monoisotopic (exact) mass is 418 g/mol. The number of aromatic nitrogens is 1. The first-order valence-electron chi connectivity index (χ1n) is 10.2. The second kappa shape index (κ2) is 8.77. The van der Waals surface area contributed by atoms with Crippen LogP contribution in [0.15, 0.2) is 42.5 Å². The number of methoxy groups -OCH3 is 1. The fraction of sp³-hybridized carbons (Fsp3) is 0.280. The van der Waals surface area contributed by atoms with E-state index in [1.54, 1.807) is 7.11 Å². The van der Waals surface area contributed by atoms with Crippen LogP contribution < -0.4 is 9.47 Å². The van der Waals surface area contributed by atoms with E-state index in [-0.39, 0.29) is 0 Å². The molecular weight excluding hydrogens is 396 g/mol. The van der Waals surface area contributed by atoms with Gasteiger partial charge >= 0.3 is 0 Å². The van der Waals surface area contributed by atoms with Crippen molar-refractivity contribution in [1.29, 1.82) is 5.26 Å². The van der Waals surface area contributed by atoms with E-state index >= 15 is 0 Å². The number of fused-ring (bicyclic) bond motifs is 3. The Morgan fingerprint density at radius 2 is 2.03 bits per heavy atom. The summed E-state index contributed by atoms with van der Waals surface area (Å²) in [5.41, 5.74) is 6.45. The quantitative estimate of drug-likeness (QED) is 0.445. The van der Waals surface area contributed by atoms with Crippen LogP contribution in [-0.4, -0.2) is 18.7 Å². The fourth-order valence-electron chi connectivity index (χ4n) is 3.95. The summed E-state index contributed by atoms with van der Waals surface area (Å²) in [6.45, 7) is 2.64. The van der Waals surface area contributed by atoms with Crippen molar-refractivity contribution in [3.63, 3.8) is 0 Å². The maximum atomic E-state index is 10.0. The third kappa shape index (κ3) is 3.74. The summed E-state index contributed by atoms with van der Waals surface area (Å²) in [4.78, 5) is 4.84. The third-order valence-electron chi connectivity index (χ3n) is 5.44. The van der Waals surface area contributed by atoms with Gasteiger partial charge in [-0.15, -0.1) is 0 Å². The van der Waals surface area contributed by atoms with Crippen LogP contribution >= 0.6 is 11.6 Å². The molecule has 2 aromatic carbocycles. The fourth-order valence-corrected chi connectivity index (χ4v) is 4.14. The molecular formula is C25H23ClN2O2. The van der Waals surface area contributed by atoms with E-state index in [1.165, 1.54) is 5.56 Å². The molecule has 0 N–H and O–H groups in total. The summed E-state index contributed by atoms with van der Waals surface area (Å²) < 4.78 is 11.4. The smallest absolute Gasteiger partial charge is 0.232 e. The van der Waals surface area contributed by atoms with Crippen LogP contribution in [0.2, 0.25) is 5.02 Å². The predicted molar refractivity (Wildman–Crippen MR) is 119 cm³/mol. The zero-order valence-corrected chi connectivity index (χ0v) is 17.9. The van der Waals surface area contributed by atoms with E-state index in [0.29, 0.717) is 23.1 Å². The van der Waals surface area contributed by atoms with E-state index in [1.807, 2.05) is 36.4 Å². The van der Waals surface area contributed by atoms with Gasteiger partial charge in [-0.05, 0) is 66.3 Å². The maximum absolute atomic E-state index is 10.0. The molecule has 1 aliphatic rings. The van der Waals surface area contributed by atoms with Crippen LogP contribution in [0.25, 0.3) is 22.4 Å². The number of nitrogens with zero attached hydrogens (tertiary/aromatic N) is 2. The summed E-state index contributed by atoms with van der Waals surface area (Å²) in [5.74, 6) is 1.23. The van der Waals surface area contributed by atoms with Crippen molar-refractivity contribution >= 4 is 11.6 Å². The SMILES string of the molecule is CCCCOc1nc2c(c(-c3cccc(Cl)c3)c1C#N)CCc1cc(OC)ccc1-2. The van der Waals surface area contributed by atoms with Crippen molar-refractivity contribution in [1.82, 2.24) is 4.98 Å². The summed E-state index contributed by atoms with van der Waals surface area (Å²) in [6.07, 6.45) is 3.56. The molecule has 152 valence electrons. The topological polar surface area (TPSA) is 55.1 Å².